The highest BCUT2D eigenvalue weighted by Crippen LogP contribution is 2.44. The van der Waals surface area contributed by atoms with Crippen LogP contribution >= 0.6 is 15.9 Å². The molecular formula is C27H24BrNO4. The Morgan fingerprint density at radius 3 is 2.73 bits per heavy atom. The maximum atomic E-state index is 13.2. The molecule has 0 fully saturated rings. The first-order valence-electron chi connectivity index (χ1n) is 10.9. The summed E-state index contributed by atoms with van der Waals surface area (Å²) in [6, 6.07) is 17.8. The van der Waals surface area contributed by atoms with E-state index in [0.717, 1.165) is 51.2 Å². The van der Waals surface area contributed by atoms with Crippen LogP contribution in [0.4, 0.5) is 0 Å². The number of carbonyl (C=O) groups is 1. The molecule has 3 aromatic rings. The highest BCUT2D eigenvalue weighted by Gasteiger charge is 2.35. The number of Topliss-reactive ketones (excluding diaryl/α,β-unsaturated/α-hetero) is 1. The van der Waals surface area contributed by atoms with E-state index in [0.29, 0.717) is 30.3 Å². The number of allylic oxidation sites excluding steroid dienone is 1. The molecule has 0 amide bonds. The monoisotopic (exact) mass is 505 g/mol. The van der Waals surface area contributed by atoms with E-state index in [9.17, 15) is 4.79 Å². The summed E-state index contributed by atoms with van der Waals surface area (Å²) in [6.45, 7) is 3.89. The number of fused-ring (bicyclic) bond motifs is 3. The maximum Gasteiger partial charge on any atom is 0.232 e. The number of ketones is 1. The molecule has 6 heteroatoms. The van der Waals surface area contributed by atoms with Gasteiger partial charge >= 0.3 is 0 Å². The number of hydrogen-bond acceptors (Lipinski definition) is 5. The first kappa shape index (κ1) is 21.7. The normalized spacial score (nSPS) is 16.2. The van der Waals surface area contributed by atoms with Crippen molar-refractivity contribution in [3.05, 3.63) is 92.6 Å². The molecular weight excluding hydrogens is 482 g/mol. The summed E-state index contributed by atoms with van der Waals surface area (Å²) in [7, 11) is 1.69. The molecule has 5 rings (SSSR count). The Balaban J connectivity index is 1.39. The van der Waals surface area contributed by atoms with E-state index in [1.165, 1.54) is 0 Å². The Hall–Kier alpha value is -3.09. The van der Waals surface area contributed by atoms with Gasteiger partial charge in [-0.3, -0.25) is 9.69 Å². The van der Waals surface area contributed by atoms with Gasteiger partial charge < -0.3 is 14.2 Å². The van der Waals surface area contributed by atoms with Crippen LogP contribution in [0, 0.1) is 6.92 Å². The smallest absolute Gasteiger partial charge is 0.232 e. The zero-order valence-corrected chi connectivity index (χ0v) is 20.1. The molecule has 0 atom stereocenters. The summed E-state index contributed by atoms with van der Waals surface area (Å²) < 4.78 is 18.7. The van der Waals surface area contributed by atoms with E-state index >= 15 is 0 Å². The van der Waals surface area contributed by atoms with Gasteiger partial charge in [0, 0.05) is 17.6 Å². The van der Waals surface area contributed by atoms with Gasteiger partial charge in [-0.1, -0.05) is 46.3 Å². The number of ether oxygens (including phenoxy) is 3. The zero-order chi connectivity index (χ0) is 22.9. The van der Waals surface area contributed by atoms with Crippen LogP contribution in [-0.2, 0) is 13.0 Å². The molecule has 33 heavy (non-hydrogen) atoms. The van der Waals surface area contributed by atoms with E-state index in [1.54, 1.807) is 13.2 Å². The van der Waals surface area contributed by atoms with Crippen molar-refractivity contribution in [2.24, 2.45) is 0 Å². The lowest BCUT2D eigenvalue weighted by Gasteiger charge is -2.30. The predicted molar refractivity (Wildman–Crippen MR) is 131 cm³/mol. The number of methoxy groups -OCH3 is 1. The lowest BCUT2D eigenvalue weighted by Crippen LogP contribution is -2.34. The van der Waals surface area contributed by atoms with E-state index in [-0.39, 0.29) is 5.78 Å². The Kier molecular flexibility index (Phi) is 5.96. The van der Waals surface area contributed by atoms with Gasteiger partial charge in [-0.2, -0.15) is 0 Å². The first-order valence-corrected chi connectivity index (χ1v) is 11.7. The van der Waals surface area contributed by atoms with Gasteiger partial charge in [0.1, 0.15) is 24.0 Å². The topological polar surface area (TPSA) is 48.0 Å². The van der Waals surface area contributed by atoms with E-state index < -0.39 is 0 Å². The highest BCUT2D eigenvalue weighted by molar-refractivity contribution is 9.10. The second-order valence-corrected chi connectivity index (χ2v) is 9.17. The zero-order valence-electron chi connectivity index (χ0n) is 18.6. The number of benzene rings is 3. The van der Waals surface area contributed by atoms with E-state index in [4.69, 9.17) is 14.2 Å². The fourth-order valence-electron chi connectivity index (χ4n) is 4.32. The Morgan fingerprint density at radius 1 is 1.15 bits per heavy atom. The molecule has 0 aliphatic carbocycles. The molecule has 0 N–H and O–H groups in total. The molecule has 0 radical (unpaired) electrons. The van der Waals surface area contributed by atoms with Crippen LogP contribution in [0.2, 0.25) is 0 Å². The standard InChI is InChI=1S/C27H24BrNO4/c1-17-13-23-21(15-29(16-32-23)12-11-19-5-3-4-6-22(19)31-2)27-25(17)26(30)24(33-27)14-18-7-9-20(28)10-8-18/h3-10,13-14H,11-12,15-16H2,1-2H3/b24-14-. The minimum Gasteiger partial charge on any atom is -0.496 e. The lowest BCUT2D eigenvalue weighted by molar-refractivity contribution is 0.0947. The molecule has 168 valence electrons. The highest BCUT2D eigenvalue weighted by atomic mass is 79.9. The number of hydrogen-bond donors (Lipinski definition) is 0. The number of aryl methyl sites for hydroxylation is 1. The van der Waals surface area contributed by atoms with Crippen LogP contribution in [-0.4, -0.2) is 31.1 Å². The summed E-state index contributed by atoms with van der Waals surface area (Å²) in [5.41, 5.74) is 4.50. The fraction of sp³-hybridized carbons (Fsp3) is 0.222. The van der Waals surface area contributed by atoms with Gasteiger partial charge in [0.25, 0.3) is 0 Å². The molecule has 2 aliphatic rings. The van der Waals surface area contributed by atoms with Gasteiger partial charge in [0.05, 0.1) is 18.2 Å². The summed E-state index contributed by atoms with van der Waals surface area (Å²) in [5, 5.41) is 0. The number of halogens is 1. The summed E-state index contributed by atoms with van der Waals surface area (Å²) in [5.74, 6) is 2.57. The molecule has 0 bridgehead atoms. The molecule has 5 nitrogen and oxygen atoms in total. The number of para-hydroxylation sites is 1. The average Bonchev–Trinajstić information content (AvgIpc) is 3.16. The average molecular weight is 506 g/mol. The third-order valence-corrected chi connectivity index (χ3v) is 6.57. The lowest BCUT2D eigenvalue weighted by atomic mass is 9.98. The molecule has 3 aromatic carbocycles. The maximum absolute atomic E-state index is 13.2. The van der Waals surface area contributed by atoms with Gasteiger partial charge in [-0.15, -0.1) is 0 Å². The van der Waals surface area contributed by atoms with Crippen molar-refractivity contribution >= 4 is 27.8 Å². The predicted octanol–water partition coefficient (Wildman–Crippen LogP) is 5.78. The third-order valence-electron chi connectivity index (χ3n) is 6.05. The summed E-state index contributed by atoms with van der Waals surface area (Å²) >= 11 is 3.44. The SMILES string of the molecule is COc1ccccc1CCN1COc2cc(C)c3c(c2C1)O/C(=C\c1ccc(Br)cc1)C3=O. The molecule has 0 aromatic heterocycles. The van der Waals surface area contributed by atoms with E-state index in [1.807, 2.05) is 55.5 Å². The Morgan fingerprint density at radius 2 is 1.94 bits per heavy atom. The van der Waals surface area contributed by atoms with Crippen LogP contribution in [0.25, 0.3) is 6.08 Å². The number of carbonyl (C=O) groups excluding carboxylic acids is 1. The number of nitrogens with zero attached hydrogens (tertiary/aromatic N) is 1. The van der Waals surface area contributed by atoms with Gasteiger partial charge in [0.15, 0.2) is 5.76 Å². The van der Waals surface area contributed by atoms with Crippen LogP contribution in [0.3, 0.4) is 0 Å². The first-order chi connectivity index (χ1) is 16.0. The second kappa shape index (κ2) is 9.04. The molecule has 0 saturated heterocycles. The summed E-state index contributed by atoms with van der Waals surface area (Å²) in [6.07, 6.45) is 2.63. The minimum absolute atomic E-state index is 0.0839. The number of rotatable bonds is 5. The third kappa shape index (κ3) is 4.28. The van der Waals surface area contributed by atoms with Crippen molar-refractivity contribution in [2.75, 3.05) is 20.4 Å². The largest absolute Gasteiger partial charge is 0.496 e. The van der Waals surface area contributed by atoms with Crippen LogP contribution in [0.5, 0.6) is 17.2 Å². The molecule has 2 heterocycles. The van der Waals surface area contributed by atoms with Crippen LogP contribution in [0.1, 0.15) is 32.6 Å². The fourth-order valence-corrected chi connectivity index (χ4v) is 4.58. The van der Waals surface area contributed by atoms with Gasteiger partial charge in [0.2, 0.25) is 5.78 Å². The molecule has 0 spiro atoms. The van der Waals surface area contributed by atoms with Crippen LogP contribution in [0.15, 0.2) is 64.8 Å². The Labute approximate surface area is 201 Å². The summed E-state index contributed by atoms with van der Waals surface area (Å²) in [4.78, 5) is 15.4. The van der Waals surface area contributed by atoms with Gasteiger partial charge in [-0.05, 0) is 60.4 Å². The van der Waals surface area contributed by atoms with Crippen LogP contribution < -0.4 is 14.2 Å². The van der Waals surface area contributed by atoms with Crippen molar-refractivity contribution in [1.29, 1.82) is 0 Å². The quantitative estimate of drug-likeness (QED) is 0.411. The molecule has 2 aliphatic heterocycles. The van der Waals surface area contributed by atoms with E-state index in [2.05, 4.69) is 26.9 Å². The Bertz CT molecular complexity index is 1250. The van der Waals surface area contributed by atoms with Crippen molar-refractivity contribution in [1.82, 2.24) is 4.90 Å². The second-order valence-electron chi connectivity index (χ2n) is 8.25. The van der Waals surface area contributed by atoms with Crippen molar-refractivity contribution in [2.45, 2.75) is 19.9 Å². The molecule has 0 saturated carbocycles. The minimum atomic E-state index is -0.0839. The van der Waals surface area contributed by atoms with Crippen molar-refractivity contribution in [3.8, 4) is 17.2 Å². The van der Waals surface area contributed by atoms with Crippen molar-refractivity contribution in [3.63, 3.8) is 0 Å². The molecule has 0 unspecified atom stereocenters. The van der Waals surface area contributed by atoms with Crippen molar-refractivity contribution < 1.29 is 19.0 Å². The van der Waals surface area contributed by atoms with Gasteiger partial charge in [-0.25, -0.2) is 0 Å².